The molecule has 0 aromatic carbocycles. The summed E-state index contributed by atoms with van der Waals surface area (Å²) in [6, 6.07) is 1.41. The van der Waals surface area contributed by atoms with E-state index >= 15 is 0 Å². The average Bonchev–Trinajstić information content (AvgIpc) is 2.69. The van der Waals surface area contributed by atoms with Gasteiger partial charge in [-0.15, -0.1) is 0 Å². The summed E-state index contributed by atoms with van der Waals surface area (Å²) in [5.41, 5.74) is 0. The number of nitrogens with one attached hydrogen (secondary N) is 1. The van der Waals surface area contributed by atoms with Crippen LogP contribution in [0.4, 0.5) is 0 Å². The average molecular weight is 229 g/mol. The maximum Gasteiger partial charge on any atom is 0.0249 e. The fourth-order valence-electron chi connectivity index (χ4n) is 3.01. The molecule has 0 aromatic heterocycles. The molecule has 15 heavy (non-hydrogen) atoms. The Kier molecular flexibility index (Phi) is 4.21. The minimum absolute atomic E-state index is 0.515. The van der Waals surface area contributed by atoms with Gasteiger partial charge in [0.2, 0.25) is 0 Å². The Morgan fingerprint density at radius 1 is 1.20 bits per heavy atom. The molecule has 0 radical (unpaired) electrons. The second-order valence-corrected chi connectivity index (χ2v) is 6.69. The summed E-state index contributed by atoms with van der Waals surface area (Å²) in [4.78, 5) is 0. The highest BCUT2D eigenvalue weighted by atomic mass is 32.2. The first-order chi connectivity index (χ1) is 7.29. The lowest BCUT2D eigenvalue weighted by Crippen LogP contribution is -2.43. The highest BCUT2D eigenvalue weighted by Gasteiger charge is 2.28. The van der Waals surface area contributed by atoms with Crippen molar-refractivity contribution in [3.8, 4) is 0 Å². The summed E-state index contributed by atoms with van der Waals surface area (Å²) in [7, 11) is -0.515. The lowest BCUT2D eigenvalue weighted by molar-refractivity contribution is 0.335. The van der Waals surface area contributed by atoms with E-state index in [0.29, 0.717) is 6.04 Å². The second kappa shape index (κ2) is 5.44. The molecule has 0 bridgehead atoms. The van der Waals surface area contributed by atoms with Crippen LogP contribution in [0.3, 0.4) is 0 Å². The monoisotopic (exact) mass is 229 g/mol. The first-order valence-electron chi connectivity index (χ1n) is 6.40. The van der Waals surface area contributed by atoms with Gasteiger partial charge in [0.25, 0.3) is 0 Å². The van der Waals surface area contributed by atoms with Crippen molar-refractivity contribution < 1.29 is 4.21 Å². The smallest absolute Gasteiger partial charge is 0.0249 e. The summed E-state index contributed by atoms with van der Waals surface area (Å²) in [5.74, 6) is 2.74. The fraction of sp³-hybridized carbons (Fsp3) is 1.00. The topological polar surface area (TPSA) is 29.1 Å². The molecule has 1 saturated heterocycles. The van der Waals surface area contributed by atoms with Crippen LogP contribution in [-0.4, -0.2) is 27.8 Å². The van der Waals surface area contributed by atoms with Crippen molar-refractivity contribution >= 4 is 10.8 Å². The van der Waals surface area contributed by atoms with Crippen molar-refractivity contribution in [3.63, 3.8) is 0 Å². The van der Waals surface area contributed by atoms with Gasteiger partial charge in [-0.1, -0.05) is 19.8 Å². The Bertz CT molecular complexity index is 222. The summed E-state index contributed by atoms with van der Waals surface area (Å²) in [6.07, 6.45) is 7.73. The highest BCUT2D eigenvalue weighted by Crippen LogP contribution is 2.29. The van der Waals surface area contributed by atoms with E-state index in [-0.39, 0.29) is 0 Å². The van der Waals surface area contributed by atoms with Gasteiger partial charge in [0.1, 0.15) is 0 Å². The van der Waals surface area contributed by atoms with Crippen LogP contribution in [-0.2, 0) is 10.8 Å². The van der Waals surface area contributed by atoms with Gasteiger partial charge in [0.05, 0.1) is 0 Å². The van der Waals surface area contributed by atoms with Crippen LogP contribution in [0.25, 0.3) is 0 Å². The predicted molar refractivity (Wildman–Crippen MR) is 65.5 cm³/mol. The van der Waals surface area contributed by atoms with Crippen molar-refractivity contribution in [2.45, 2.75) is 57.5 Å². The Hall–Kier alpha value is 0.110. The normalized spacial score (nSPS) is 41.9. The molecule has 1 saturated carbocycles. The van der Waals surface area contributed by atoms with E-state index in [4.69, 9.17) is 0 Å². The van der Waals surface area contributed by atoms with Crippen molar-refractivity contribution in [2.75, 3.05) is 11.5 Å². The van der Waals surface area contributed by atoms with E-state index in [9.17, 15) is 4.21 Å². The lowest BCUT2D eigenvalue weighted by Gasteiger charge is -2.29. The van der Waals surface area contributed by atoms with Gasteiger partial charge in [-0.2, -0.15) is 0 Å². The van der Waals surface area contributed by atoms with Crippen LogP contribution in [0.15, 0.2) is 0 Å². The van der Waals surface area contributed by atoms with Crippen molar-refractivity contribution in [2.24, 2.45) is 5.92 Å². The van der Waals surface area contributed by atoms with Gasteiger partial charge in [-0.3, -0.25) is 4.21 Å². The van der Waals surface area contributed by atoms with Crippen molar-refractivity contribution in [1.29, 1.82) is 0 Å². The zero-order chi connectivity index (χ0) is 10.7. The van der Waals surface area contributed by atoms with Crippen LogP contribution >= 0.6 is 0 Å². The molecule has 1 N–H and O–H groups in total. The molecule has 2 rings (SSSR count). The second-order valence-electron chi connectivity index (χ2n) is 4.99. The molecule has 2 aliphatic rings. The fourth-order valence-corrected chi connectivity index (χ4v) is 4.31. The Labute approximate surface area is 95.7 Å². The van der Waals surface area contributed by atoms with Crippen LogP contribution < -0.4 is 5.32 Å². The predicted octanol–water partition coefficient (Wildman–Crippen LogP) is 2.07. The molecule has 3 heteroatoms. The zero-order valence-electron chi connectivity index (χ0n) is 9.71. The van der Waals surface area contributed by atoms with Crippen molar-refractivity contribution in [1.82, 2.24) is 5.32 Å². The quantitative estimate of drug-likeness (QED) is 0.802. The van der Waals surface area contributed by atoms with E-state index in [2.05, 4.69) is 12.2 Å². The Morgan fingerprint density at radius 2 is 1.93 bits per heavy atom. The lowest BCUT2D eigenvalue weighted by atomic mass is 9.99. The van der Waals surface area contributed by atoms with Gasteiger partial charge in [-0.05, 0) is 31.6 Å². The number of hydrogen-bond donors (Lipinski definition) is 1. The molecule has 1 aliphatic heterocycles. The van der Waals surface area contributed by atoms with Crippen LogP contribution in [0, 0.1) is 5.92 Å². The zero-order valence-corrected chi connectivity index (χ0v) is 10.5. The number of hydrogen-bond acceptors (Lipinski definition) is 2. The number of rotatable bonds is 3. The molecule has 2 fully saturated rings. The summed E-state index contributed by atoms with van der Waals surface area (Å²) in [5, 5.41) is 3.80. The van der Waals surface area contributed by atoms with Gasteiger partial charge in [-0.25, -0.2) is 0 Å². The first-order valence-corrected chi connectivity index (χ1v) is 7.89. The van der Waals surface area contributed by atoms with Gasteiger partial charge >= 0.3 is 0 Å². The van der Waals surface area contributed by atoms with E-state index in [1.807, 2.05) is 0 Å². The third-order valence-corrected chi connectivity index (χ3v) is 5.40. The summed E-state index contributed by atoms with van der Waals surface area (Å²) in [6.45, 7) is 2.31. The standard InChI is InChI=1S/C12H23NOS/c1-2-10-4-3-5-12(10)13-11-6-8-15(14)9-7-11/h10-13H,2-9H2,1H3. The van der Waals surface area contributed by atoms with Crippen LogP contribution in [0.2, 0.25) is 0 Å². The maximum atomic E-state index is 11.2. The van der Waals surface area contributed by atoms with E-state index in [1.165, 1.54) is 25.7 Å². The third-order valence-electron chi connectivity index (χ3n) is 4.02. The van der Waals surface area contributed by atoms with Crippen LogP contribution in [0.5, 0.6) is 0 Å². The molecule has 2 atom stereocenters. The molecule has 1 heterocycles. The largest absolute Gasteiger partial charge is 0.311 e. The maximum absolute atomic E-state index is 11.2. The Balaban J connectivity index is 1.78. The summed E-state index contributed by atoms with van der Waals surface area (Å²) < 4.78 is 11.2. The van der Waals surface area contributed by atoms with Gasteiger partial charge in [0, 0.05) is 34.4 Å². The summed E-state index contributed by atoms with van der Waals surface area (Å²) >= 11 is 0. The molecular formula is C12H23NOS. The Morgan fingerprint density at radius 3 is 2.60 bits per heavy atom. The first kappa shape index (κ1) is 11.6. The third kappa shape index (κ3) is 3.04. The van der Waals surface area contributed by atoms with Gasteiger partial charge < -0.3 is 5.32 Å². The van der Waals surface area contributed by atoms with Crippen LogP contribution in [0.1, 0.15) is 45.4 Å². The molecule has 2 nitrogen and oxygen atoms in total. The van der Waals surface area contributed by atoms with E-state index in [1.54, 1.807) is 0 Å². The minimum atomic E-state index is -0.515. The molecule has 0 amide bonds. The van der Waals surface area contributed by atoms with Crippen molar-refractivity contribution in [3.05, 3.63) is 0 Å². The van der Waals surface area contributed by atoms with E-state index < -0.39 is 10.8 Å². The highest BCUT2D eigenvalue weighted by molar-refractivity contribution is 7.85. The molecule has 0 spiro atoms. The molecule has 0 aromatic rings. The molecule has 1 aliphatic carbocycles. The van der Waals surface area contributed by atoms with E-state index in [0.717, 1.165) is 36.3 Å². The molecule has 2 unspecified atom stereocenters. The molecule has 88 valence electrons. The minimum Gasteiger partial charge on any atom is -0.311 e. The molecular weight excluding hydrogens is 206 g/mol. The van der Waals surface area contributed by atoms with Gasteiger partial charge in [0.15, 0.2) is 0 Å². The SMILES string of the molecule is CCC1CCCC1NC1CCS(=O)CC1.